The number of carbonyl (C=O) groups excluding carboxylic acids is 9. The van der Waals surface area contributed by atoms with Crippen molar-refractivity contribution in [3.8, 4) is 0 Å². The van der Waals surface area contributed by atoms with E-state index in [-0.39, 0.29) is 81.4 Å². The normalized spacial score (nSPS) is 11.8. The lowest BCUT2D eigenvalue weighted by atomic mass is 10.1. The number of aliphatic carboxylic acids is 2. The number of carboxylic acids is 2. The summed E-state index contributed by atoms with van der Waals surface area (Å²) in [6.07, 6.45) is -0.412. The molecule has 3 aromatic rings. The third-order valence-corrected chi connectivity index (χ3v) is 10.5. The lowest BCUT2D eigenvalue weighted by molar-refractivity contribution is -0.139. The van der Waals surface area contributed by atoms with E-state index in [1.54, 1.807) is 24.3 Å². The van der Waals surface area contributed by atoms with Gasteiger partial charge in [-0.05, 0) is 56.4 Å². The summed E-state index contributed by atoms with van der Waals surface area (Å²) in [5.74, 6) is -9.72. The number of H-pyrrole nitrogens is 1. The van der Waals surface area contributed by atoms with E-state index in [2.05, 4.69) is 90.7 Å². The number of nitrogen functional groups attached to an aromatic ring is 1. The third-order valence-electron chi connectivity index (χ3n) is 10.3. The van der Waals surface area contributed by atoms with Crippen molar-refractivity contribution in [1.29, 1.82) is 0 Å². The van der Waals surface area contributed by atoms with E-state index in [1.165, 1.54) is 6.20 Å². The van der Waals surface area contributed by atoms with E-state index < -0.39 is 134 Å². The van der Waals surface area contributed by atoms with E-state index in [0.717, 1.165) is 0 Å². The first kappa shape index (κ1) is 62.1. The quantitative estimate of drug-likeness (QED) is 0.0115. The van der Waals surface area contributed by atoms with Gasteiger partial charge in [0.25, 0.3) is 11.5 Å². The van der Waals surface area contributed by atoms with Gasteiger partial charge in [-0.15, -0.1) is 0 Å². The van der Waals surface area contributed by atoms with Gasteiger partial charge in [0, 0.05) is 55.9 Å². The fraction of sp³-hybridized carbons (Fsp3) is 0.455. The number of carbonyl (C=O) groups is 11. The highest BCUT2D eigenvalue weighted by molar-refractivity contribution is 7.80. The van der Waals surface area contributed by atoms with Gasteiger partial charge >= 0.3 is 11.9 Å². The molecule has 0 spiro atoms. The number of anilines is 2. The number of aromatic nitrogens is 4. The molecule has 32 nitrogen and oxygen atoms in total. The predicted molar refractivity (Wildman–Crippen MR) is 276 cm³/mol. The molecular weight excluding hydrogens is 1040 g/mol. The zero-order valence-corrected chi connectivity index (χ0v) is 42.3. The summed E-state index contributed by atoms with van der Waals surface area (Å²) in [5, 5.41) is 42.8. The lowest BCUT2D eigenvalue weighted by Crippen LogP contribution is -2.54. The lowest BCUT2D eigenvalue weighted by Gasteiger charge is -2.21. The maximum atomic E-state index is 13.2. The van der Waals surface area contributed by atoms with Gasteiger partial charge in [-0.1, -0.05) is 0 Å². The number of nitrogens with two attached hydrogens (primary N) is 3. The van der Waals surface area contributed by atoms with Crippen LogP contribution in [0.15, 0.2) is 40.2 Å². The Morgan fingerprint density at radius 1 is 0.636 bits per heavy atom. The molecule has 19 N–H and O–H groups in total. The molecule has 0 aliphatic carbocycles. The monoisotopic (exact) mass is 1100 g/mol. The smallest absolute Gasteiger partial charge is 0.303 e. The number of hydrogen-bond donors (Lipinski definition) is 17. The SMILES string of the molecule is NC(N)=NCCC[C@H](NC(=O)CNC(=O)[C@H](CCC(=O)O)NC(=O)CNC(=O)CCCNC(=O)c1ccc(NCc2cnc3nc(N)[nH]c(=O)c3n2)cc1)C(=O)NCC(=O)N[C@@H](CCC(=O)O)C(=O)NCC(=O)NCCS. The number of thiol groups is 1. The molecular formula is C44H62N18O14S. The van der Waals surface area contributed by atoms with Crippen molar-refractivity contribution in [3.05, 3.63) is 52.1 Å². The molecule has 2 aromatic heterocycles. The average Bonchev–Trinajstić information content (AvgIpc) is 3.39. The largest absolute Gasteiger partial charge is 0.481 e. The van der Waals surface area contributed by atoms with Gasteiger partial charge < -0.3 is 80.6 Å². The Kier molecular flexibility index (Phi) is 26.5. The second-order valence-electron chi connectivity index (χ2n) is 16.5. The van der Waals surface area contributed by atoms with E-state index in [9.17, 15) is 62.6 Å². The molecule has 1 aromatic carbocycles. The van der Waals surface area contributed by atoms with Crippen LogP contribution in [0.3, 0.4) is 0 Å². The standard InChI is InChI=1S/C44H62N18O14S/c45-43(46)50-14-1-3-26(39(73)55-22-33(67)60-27(9-11-34(68)69)40(74)54-19-30(64)48-15-16-77)58-32(66)21-56-41(75)28(10-12-35(70)71)59-31(65)20-52-29(63)4-2-13-49-38(72)23-5-7-24(8-6-23)51-17-25-18-53-37-36(57-25)42(76)62-44(47)61-37/h5-8,18,26-28,51,77H,1-4,9-17,19-22H2,(H,48,64)(H,49,72)(H,52,63)(H,54,74)(H,55,73)(H,56,75)(H,58,66)(H,59,65)(H,60,67)(H,68,69)(H,70,71)(H4,45,46,50)(H3,47,53,61,62,76)/t26-,27-,28-/m0/s1. The number of benzene rings is 1. The molecule has 0 aliphatic heterocycles. The van der Waals surface area contributed by atoms with Crippen molar-refractivity contribution in [2.24, 2.45) is 16.5 Å². The van der Waals surface area contributed by atoms with Crippen molar-refractivity contribution in [2.75, 3.05) is 62.6 Å². The number of nitrogens with zero attached hydrogens (tertiary/aromatic N) is 4. The molecule has 2 heterocycles. The first-order chi connectivity index (χ1) is 36.6. The summed E-state index contributed by atoms with van der Waals surface area (Å²) in [6.45, 7) is -2.13. The summed E-state index contributed by atoms with van der Waals surface area (Å²) in [4.78, 5) is 168. The number of rotatable bonds is 34. The number of fused-ring (bicyclic) bond motifs is 1. The molecule has 0 unspecified atom stereocenters. The third kappa shape index (κ3) is 24.6. The number of aromatic amines is 1. The summed E-state index contributed by atoms with van der Waals surface area (Å²) in [5.41, 5.74) is 17.3. The molecule has 9 amide bonds. The molecule has 0 radical (unpaired) electrons. The summed E-state index contributed by atoms with van der Waals surface area (Å²) < 4.78 is 0. The first-order valence-electron chi connectivity index (χ1n) is 23.6. The highest BCUT2D eigenvalue weighted by Gasteiger charge is 2.27. The molecule has 3 atom stereocenters. The van der Waals surface area contributed by atoms with Crippen molar-refractivity contribution in [3.63, 3.8) is 0 Å². The van der Waals surface area contributed by atoms with Crippen molar-refractivity contribution >= 4 is 106 Å². The Morgan fingerprint density at radius 3 is 1.70 bits per heavy atom. The van der Waals surface area contributed by atoms with Crippen LogP contribution in [0.25, 0.3) is 11.2 Å². The Bertz CT molecular complexity index is 2690. The molecule has 33 heteroatoms. The molecule has 0 aliphatic rings. The number of carboxylic acid groups (broad SMARTS) is 2. The van der Waals surface area contributed by atoms with Crippen LogP contribution < -0.4 is 75.9 Å². The Hall–Kier alpha value is -9.17. The molecule has 0 fully saturated rings. The highest BCUT2D eigenvalue weighted by atomic mass is 32.1. The first-order valence-corrected chi connectivity index (χ1v) is 24.2. The predicted octanol–water partition coefficient (Wildman–Crippen LogP) is -5.83. The number of guanidine groups is 1. The number of nitrogens with one attached hydrogen (secondary N) is 11. The van der Waals surface area contributed by atoms with Crippen molar-refractivity contribution in [1.82, 2.24) is 67.8 Å². The van der Waals surface area contributed by atoms with Gasteiger partial charge in [-0.2, -0.15) is 17.6 Å². The van der Waals surface area contributed by atoms with Crippen LogP contribution in [-0.2, 0) is 54.5 Å². The minimum absolute atomic E-state index is 0.0154. The van der Waals surface area contributed by atoms with Gasteiger partial charge in [0.1, 0.15) is 18.1 Å². The van der Waals surface area contributed by atoms with Gasteiger partial charge in [-0.3, -0.25) is 67.5 Å². The zero-order valence-electron chi connectivity index (χ0n) is 41.4. The number of hydrogen-bond acceptors (Lipinski definition) is 19. The van der Waals surface area contributed by atoms with E-state index in [1.807, 2.05) is 0 Å². The Balaban J connectivity index is 1.46. The van der Waals surface area contributed by atoms with E-state index in [4.69, 9.17) is 22.3 Å². The molecule has 0 saturated heterocycles. The van der Waals surface area contributed by atoms with Crippen LogP contribution in [0.2, 0.25) is 0 Å². The number of amides is 9. The fourth-order valence-electron chi connectivity index (χ4n) is 6.52. The minimum Gasteiger partial charge on any atom is -0.481 e. The molecule has 0 saturated carbocycles. The van der Waals surface area contributed by atoms with E-state index in [0.29, 0.717) is 22.7 Å². The van der Waals surface area contributed by atoms with Crippen LogP contribution in [0, 0.1) is 0 Å². The second-order valence-corrected chi connectivity index (χ2v) is 16.9. The Morgan fingerprint density at radius 2 is 1.17 bits per heavy atom. The topological polar surface area (TPSA) is 510 Å². The highest BCUT2D eigenvalue weighted by Crippen LogP contribution is 2.12. The second kappa shape index (κ2) is 32.9. The van der Waals surface area contributed by atoms with Crippen molar-refractivity contribution < 1.29 is 63.0 Å². The van der Waals surface area contributed by atoms with Crippen molar-refractivity contribution in [2.45, 2.75) is 76.0 Å². The van der Waals surface area contributed by atoms with Gasteiger partial charge in [0.2, 0.25) is 53.2 Å². The molecule has 3 rings (SSSR count). The number of aliphatic imine (C=N–C) groups is 1. The molecule has 77 heavy (non-hydrogen) atoms. The summed E-state index contributed by atoms with van der Waals surface area (Å²) in [6, 6.07) is 2.15. The zero-order chi connectivity index (χ0) is 56.9. The maximum absolute atomic E-state index is 13.2. The average molecular weight is 1100 g/mol. The van der Waals surface area contributed by atoms with Crippen LogP contribution in [-0.4, -0.2) is 171 Å². The molecule has 418 valence electrons. The minimum atomic E-state index is -1.50. The summed E-state index contributed by atoms with van der Waals surface area (Å²) in [7, 11) is 0. The maximum Gasteiger partial charge on any atom is 0.303 e. The van der Waals surface area contributed by atoms with Crippen LogP contribution in [0.5, 0.6) is 0 Å². The summed E-state index contributed by atoms with van der Waals surface area (Å²) >= 11 is 3.96. The van der Waals surface area contributed by atoms with Crippen LogP contribution >= 0.6 is 12.6 Å². The van der Waals surface area contributed by atoms with Crippen LogP contribution in [0.1, 0.15) is 67.4 Å². The van der Waals surface area contributed by atoms with E-state index >= 15 is 0 Å². The van der Waals surface area contributed by atoms with Crippen LogP contribution in [0.4, 0.5) is 11.6 Å². The van der Waals surface area contributed by atoms with Gasteiger partial charge in [-0.25, -0.2) is 9.97 Å². The fourth-order valence-corrected chi connectivity index (χ4v) is 6.63. The van der Waals surface area contributed by atoms with Gasteiger partial charge in [0.15, 0.2) is 17.1 Å². The molecule has 0 bridgehead atoms. The Labute approximate surface area is 443 Å². The van der Waals surface area contributed by atoms with Gasteiger partial charge in [0.05, 0.1) is 44.6 Å².